The summed E-state index contributed by atoms with van der Waals surface area (Å²) in [5.74, 6) is 0.410. The molecule has 0 spiro atoms. The maximum atomic E-state index is 12.4. The number of hydrogen-bond donors (Lipinski definition) is 1. The van der Waals surface area contributed by atoms with E-state index < -0.39 is 0 Å². The van der Waals surface area contributed by atoms with Gasteiger partial charge in [-0.05, 0) is 60.0 Å². The lowest BCUT2D eigenvalue weighted by Gasteiger charge is -2.12. The van der Waals surface area contributed by atoms with Crippen LogP contribution < -0.4 is 10.1 Å². The van der Waals surface area contributed by atoms with Gasteiger partial charge < -0.3 is 10.1 Å². The molecule has 1 amide bonds. The van der Waals surface area contributed by atoms with Gasteiger partial charge in [0.2, 0.25) is 0 Å². The number of nitrogens with one attached hydrogen (secondary N) is 1. The Morgan fingerprint density at radius 3 is 2.52 bits per heavy atom. The summed E-state index contributed by atoms with van der Waals surface area (Å²) in [5.41, 5.74) is 4.85. The van der Waals surface area contributed by atoms with Gasteiger partial charge in [-0.15, -0.1) is 0 Å². The number of aryl methyl sites for hydroxylation is 1. The lowest BCUT2D eigenvalue weighted by molar-refractivity contribution is -0.118. The molecule has 0 aromatic heterocycles. The van der Waals surface area contributed by atoms with Gasteiger partial charge in [-0.3, -0.25) is 9.79 Å². The standard InChI is InChI=1S/C27H24N2O2/c1-19-9-8-14-25(20(19)2)28-17-24-23-13-7-6-10-21(23)15-16-26(24)31-18-27(30)29-22-11-4-3-5-12-22/h3-17H,18H2,1-2H3,(H,29,30). The van der Waals surface area contributed by atoms with E-state index in [1.54, 1.807) is 0 Å². The number of rotatable bonds is 6. The Balaban J connectivity index is 1.62. The summed E-state index contributed by atoms with van der Waals surface area (Å²) < 4.78 is 5.92. The zero-order chi connectivity index (χ0) is 21.6. The summed E-state index contributed by atoms with van der Waals surface area (Å²) in [4.78, 5) is 17.1. The average molecular weight is 409 g/mol. The Hall–Kier alpha value is -3.92. The molecule has 0 atom stereocenters. The van der Waals surface area contributed by atoms with Gasteiger partial charge in [0.05, 0.1) is 5.69 Å². The molecule has 0 aliphatic rings. The van der Waals surface area contributed by atoms with Gasteiger partial charge >= 0.3 is 0 Å². The fourth-order valence-electron chi connectivity index (χ4n) is 3.41. The summed E-state index contributed by atoms with van der Waals surface area (Å²) >= 11 is 0. The second-order valence-electron chi connectivity index (χ2n) is 7.38. The van der Waals surface area contributed by atoms with Crippen LogP contribution >= 0.6 is 0 Å². The van der Waals surface area contributed by atoms with Crippen LogP contribution in [0.25, 0.3) is 10.8 Å². The lowest BCUT2D eigenvalue weighted by atomic mass is 10.0. The van der Waals surface area contributed by atoms with Gasteiger partial charge in [0.15, 0.2) is 6.61 Å². The third-order valence-electron chi connectivity index (χ3n) is 5.26. The first-order valence-electron chi connectivity index (χ1n) is 10.2. The van der Waals surface area contributed by atoms with Crippen LogP contribution in [0.5, 0.6) is 5.75 Å². The van der Waals surface area contributed by atoms with Gasteiger partial charge in [0.25, 0.3) is 5.91 Å². The molecule has 0 unspecified atom stereocenters. The van der Waals surface area contributed by atoms with Crippen molar-refractivity contribution in [1.29, 1.82) is 0 Å². The molecular weight excluding hydrogens is 384 g/mol. The Labute approximate surface area is 182 Å². The Kier molecular flexibility index (Phi) is 6.08. The molecule has 0 heterocycles. The van der Waals surface area contributed by atoms with E-state index in [4.69, 9.17) is 9.73 Å². The highest BCUT2D eigenvalue weighted by Gasteiger charge is 2.10. The summed E-state index contributed by atoms with van der Waals surface area (Å²) in [5, 5.41) is 4.96. The normalized spacial score (nSPS) is 11.0. The molecule has 0 radical (unpaired) electrons. The molecule has 0 fully saturated rings. The second-order valence-corrected chi connectivity index (χ2v) is 7.38. The van der Waals surface area contributed by atoms with Gasteiger partial charge in [-0.25, -0.2) is 0 Å². The summed E-state index contributed by atoms with van der Waals surface area (Å²) in [6, 6.07) is 27.4. The third-order valence-corrected chi connectivity index (χ3v) is 5.26. The van der Waals surface area contributed by atoms with Crippen molar-refractivity contribution in [3.63, 3.8) is 0 Å². The molecule has 4 heteroatoms. The van der Waals surface area contributed by atoms with E-state index >= 15 is 0 Å². The molecule has 0 aliphatic carbocycles. The summed E-state index contributed by atoms with van der Waals surface area (Å²) in [6.07, 6.45) is 1.83. The minimum Gasteiger partial charge on any atom is -0.483 e. The first-order chi connectivity index (χ1) is 15.1. The van der Waals surface area contributed by atoms with Gasteiger partial charge in [-0.1, -0.05) is 60.7 Å². The highest BCUT2D eigenvalue weighted by molar-refractivity contribution is 6.03. The van der Waals surface area contributed by atoms with E-state index in [0.717, 1.165) is 33.3 Å². The van der Waals surface area contributed by atoms with Crippen LogP contribution in [0.3, 0.4) is 0 Å². The number of anilines is 1. The fraction of sp³-hybridized carbons (Fsp3) is 0.111. The molecule has 0 aliphatic heterocycles. The molecule has 4 aromatic carbocycles. The quantitative estimate of drug-likeness (QED) is 0.385. The Bertz CT molecular complexity index is 1250. The third kappa shape index (κ3) is 4.81. The van der Waals surface area contributed by atoms with Gasteiger partial charge in [0.1, 0.15) is 5.75 Å². The first-order valence-corrected chi connectivity index (χ1v) is 10.2. The number of carbonyl (C=O) groups excluding carboxylic acids is 1. The predicted octanol–water partition coefficient (Wildman–Crippen LogP) is 6.22. The number of para-hydroxylation sites is 1. The van der Waals surface area contributed by atoms with Crippen molar-refractivity contribution >= 4 is 34.3 Å². The van der Waals surface area contributed by atoms with Crippen LogP contribution in [0.15, 0.2) is 89.9 Å². The molecule has 4 nitrogen and oxygen atoms in total. The molecule has 154 valence electrons. The smallest absolute Gasteiger partial charge is 0.262 e. The molecular formula is C27H24N2O2. The van der Waals surface area contributed by atoms with Gasteiger partial charge in [0, 0.05) is 17.5 Å². The number of hydrogen-bond acceptors (Lipinski definition) is 3. The number of ether oxygens (including phenoxy) is 1. The van der Waals surface area contributed by atoms with E-state index in [9.17, 15) is 4.79 Å². The summed E-state index contributed by atoms with van der Waals surface area (Å²) in [7, 11) is 0. The van der Waals surface area contributed by atoms with E-state index in [1.807, 2.05) is 79.0 Å². The number of carbonyl (C=O) groups is 1. The molecule has 1 N–H and O–H groups in total. The number of nitrogens with zero attached hydrogens (tertiary/aromatic N) is 1. The van der Waals surface area contributed by atoms with Crippen LogP contribution in [-0.2, 0) is 4.79 Å². The SMILES string of the molecule is Cc1cccc(N=Cc2c(OCC(=O)Nc3ccccc3)ccc3ccccc23)c1C. The lowest BCUT2D eigenvalue weighted by Crippen LogP contribution is -2.20. The average Bonchev–Trinajstić information content (AvgIpc) is 2.79. The van der Waals surface area contributed by atoms with Crippen LogP contribution in [0.4, 0.5) is 11.4 Å². The number of benzene rings is 4. The van der Waals surface area contributed by atoms with Crippen molar-refractivity contribution < 1.29 is 9.53 Å². The topological polar surface area (TPSA) is 50.7 Å². The minimum atomic E-state index is -0.211. The molecule has 0 saturated heterocycles. The van der Waals surface area contributed by atoms with Crippen molar-refractivity contribution in [2.45, 2.75) is 13.8 Å². The van der Waals surface area contributed by atoms with Crippen molar-refractivity contribution in [3.05, 3.63) is 102 Å². The highest BCUT2D eigenvalue weighted by Crippen LogP contribution is 2.28. The van der Waals surface area contributed by atoms with E-state index in [1.165, 1.54) is 5.56 Å². The van der Waals surface area contributed by atoms with Crippen LogP contribution in [-0.4, -0.2) is 18.7 Å². The van der Waals surface area contributed by atoms with Crippen molar-refractivity contribution in [2.24, 2.45) is 4.99 Å². The van der Waals surface area contributed by atoms with E-state index in [-0.39, 0.29) is 12.5 Å². The number of amides is 1. The maximum absolute atomic E-state index is 12.4. The van der Waals surface area contributed by atoms with E-state index in [2.05, 4.69) is 31.3 Å². The minimum absolute atomic E-state index is 0.0858. The van der Waals surface area contributed by atoms with Crippen LogP contribution in [0.1, 0.15) is 16.7 Å². The molecule has 4 aromatic rings. The Morgan fingerprint density at radius 1 is 0.903 bits per heavy atom. The van der Waals surface area contributed by atoms with Crippen molar-refractivity contribution in [3.8, 4) is 5.75 Å². The monoisotopic (exact) mass is 408 g/mol. The Morgan fingerprint density at radius 2 is 1.68 bits per heavy atom. The molecule has 0 saturated carbocycles. The molecule has 0 bridgehead atoms. The molecule has 31 heavy (non-hydrogen) atoms. The number of aliphatic imine (C=N–C) groups is 1. The highest BCUT2D eigenvalue weighted by atomic mass is 16.5. The second kappa shape index (κ2) is 9.26. The van der Waals surface area contributed by atoms with Crippen molar-refractivity contribution in [1.82, 2.24) is 0 Å². The number of fused-ring (bicyclic) bond motifs is 1. The van der Waals surface area contributed by atoms with Crippen LogP contribution in [0, 0.1) is 13.8 Å². The van der Waals surface area contributed by atoms with Gasteiger partial charge in [-0.2, -0.15) is 0 Å². The predicted molar refractivity (Wildman–Crippen MR) is 128 cm³/mol. The summed E-state index contributed by atoms with van der Waals surface area (Å²) in [6.45, 7) is 4.06. The first kappa shape index (κ1) is 20.4. The largest absolute Gasteiger partial charge is 0.483 e. The maximum Gasteiger partial charge on any atom is 0.262 e. The zero-order valence-corrected chi connectivity index (χ0v) is 17.6. The zero-order valence-electron chi connectivity index (χ0n) is 17.6. The van der Waals surface area contributed by atoms with Crippen LogP contribution in [0.2, 0.25) is 0 Å². The van der Waals surface area contributed by atoms with E-state index in [0.29, 0.717) is 5.75 Å². The fourth-order valence-corrected chi connectivity index (χ4v) is 3.41. The van der Waals surface area contributed by atoms with Crippen molar-refractivity contribution in [2.75, 3.05) is 11.9 Å². The molecule has 4 rings (SSSR count).